The molecule has 0 amide bonds. The average molecular weight is 877 g/mol. The third-order valence-electron chi connectivity index (χ3n) is 12.7. The lowest BCUT2D eigenvalue weighted by molar-refractivity contribution is -0.136. The van der Waals surface area contributed by atoms with Crippen molar-refractivity contribution < 1.29 is 22.0 Å². The molecule has 0 saturated carbocycles. The lowest BCUT2D eigenvalue weighted by Crippen LogP contribution is -2.16. The van der Waals surface area contributed by atoms with Gasteiger partial charge >= 0.3 is 6.18 Å². The number of hydrogen-bond acceptors (Lipinski definition) is 2. The van der Waals surface area contributed by atoms with Crippen LogP contribution in [0.15, 0.2) is 176 Å². The highest BCUT2D eigenvalue weighted by Gasteiger charge is 2.42. The highest BCUT2D eigenvalue weighted by Crippen LogP contribution is 2.53. The van der Waals surface area contributed by atoms with Gasteiger partial charge in [-0.05, 0) is 66.7 Å². The Labute approximate surface area is 368 Å². The van der Waals surface area contributed by atoms with Crippen LogP contribution in [0.3, 0.4) is 0 Å². The molecule has 2 nitrogen and oxygen atoms in total. The molecule has 0 N–H and O–H groups in total. The Morgan fingerprint density at radius 1 is 0.359 bits per heavy atom. The maximum Gasteiger partial charge on any atom is 0.417 e. The molecule has 0 aliphatic heterocycles. The van der Waals surface area contributed by atoms with E-state index in [0.29, 0.717) is 22.1 Å². The number of fused-ring (bicyclic) bond motifs is 14. The van der Waals surface area contributed by atoms with Crippen LogP contribution in [0.1, 0.15) is 5.56 Å². The summed E-state index contributed by atoms with van der Waals surface area (Å²) in [6.07, 6.45) is -5.12. The number of thiophene rings is 2. The SMILES string of the molecule is Fc1ccccc1-c1c(-n2c3ccccc3c3c4c(ccc32)sc2ccccc24)cc(-n2c3ccccc3c3c4c(ccc32)sc2ccccc24)c(-c2ccccc2F)c1C(F)(F)F. The molecule has 64 heavy (non-hydrogen) atoms. The van der Waals surface area contributed by atoms with Crippen LogP contribution in [0.4, 0.5) is 22.0 Å². The van der Waals surface area contributed by atoms with E-state index in [4.69, 9.17) is 0 Å². The van der Waals surface area contributed by atoms with Gasteiger partial charge in [-0.25, -0.2) is 8.78 Å². The molecule has 0 radical (unpaired) electrons. The van der Waals surface area contributed by atoms with Crippen molar-refractivity contribution in [1.29, 1.82) is 0 Å². The van der Waals surface area contributed by atoms with Crippen LogP contribution in [-0.4, -0.2) is 9.13 Å². The molecule has 0 aliphatic carbocycles. The van der Waals surface area contributed by atoms with Crippen molar-refractivity contribution >= 4 is 107 Å². The van der Waals surface area contributed by atoms with Crippen LogP contribution >= 0.6 is 22.7 Å². The first kappa shape index (κ1) is 37.2. The normalized spacial score (nSPS) is 12.5. The van der Waals surface area contributed by atoms with E-state index in [1.54, 1.807) is 28.7 Å². The van der Waals surface area contributed by atoms with E-state index in [1.165, 1.54) is 48.5 Å². The van der Waals surface area contributed by atoms with Crippen molar-refractivity contribution in [3.8, 4) is 33.6 Å². The Morgan fingerprint density at radius 3 is 1.19 bits per heavy atom. The van der Waals surface area contributed by atoms with Crippen LogP contribution in [-0.2, 0) is 6.18 Å². The van der Waals surface area contributed by atoms with Gasteiger partial charge in [-0.15, -0.1) is 22.7 Å². The van der Waals surface area contributed by atoms with Crippen LogP contribution in [0, 0.1) is 11.6 Å². The topological polar surface area (TPSA) is 9.86 Å². The largest absolute Gasteiger partial charge is 0.417 e. The third kappa shape index (κ3) is 5.16. The predicted octanol–water partition coefficient (Wildman–Crippen LogP) is 17.2. The molecule has 306 valence electrons. The minimum absolute atomic E-state index is 0.102. The maximum atomic E-state index is 16.9. The molecule has 0 aliphatic rings. The van der Waals surface area contributed by atoms with Gasteiger partial charge in [-0.2, -0.15) is 13.2 Å². The summed E-state index contributed by atoms with van der Waals surface area (Å²) in [6, 6.07) is 52.4. The van der Waals surface area contributed by atoms with E-state index < -0.39 is 34.5 Å². The monoisotopic (exact) mass is 876 g/mol. The number of halogens is 5. The van der Waals surface area contributed by atoms with E-state index in [0.717, 1.165) is 61.9 Å². The van der Waals surface area contributed by atoms with E-state index in [-0.39, 0.29) is 22.5 Å². The third-order valence-corrected chi connectivity index (χ3v) is 15.0. The van der Waals surface area contributed by atoms with E-state index >= 15 is 22.0 Å². The first-order valence-corrected chi connectivity index (χ1v) is 22.3. The minimum atomic E-state index is -5.12. The lowest BCUT2D eigenvalue weighted by atomic mass is 9.87. The molecular formula is C55H29F5N2S2. The summed E-state index contributed by atoms with van der Waals surface area (Å²) in [5.41, 5.74) is 0.365. The van der Waals surface area contributed by atoms with Gasteiger partial charge in [0, 0.05) is 84.1 Å². The maximum absolute atomic E-state index is 16.9. The molecule has 13 aromatic rings. The molecule has 4 aromatic heterocycles. The van der Waals surface area contributed by atoms with Crippen molar-refractivity contribution in [2.45, 2.75) is 6.18 Å². The quantitative estimate of drug-likeness (QED) is 0.156. The highest BCUT2D eigenvalue weighted by molar-refractivity contribution is 7.26. The summed E-state index contributed by atoms with van der Waals surface area (Å²) in [5, 5.41) is 7.49. The zero-order valence-electron chi connectivity index (χ0n) is 33.3. The minimum Gasteiger partial charge on any atom is -0.308 e. The number of hydrogen-bond donors (Lipinski definition) is 0. The molecule has 0 unspecified atom stereocenters. The second kappa shape index (κ2) is 13.6. The second-order valence-electron chi connectivity index (χ2n) is 16.1. The Bertz CT molecular complexity index is 3850. The zero-order chi connectivity index (χ0) is 43.0. The summed E-state index contributed by atoms with van der Waals surface area (Å²) in [6.45, 7) is 0. The fraction of sp³-hybridized carbons (Fsp3) is 0.0182. The average Bonchev–Trinajstić information content (AvgIpc) is 4.06. The van der Waals surface area contributed by atoms with E-state index in [9.17, 15) is 0 Å². The Hall–Kier alpha value is -7.33. The van der Waals surface area contributed by atoms with Gasteiger partial charge in [-0.3, -0.25) is 0 Å². The van der Waals surface area contributed by atoms with Crippen LogP contribution in [0.2, 0.25) is 0 Å². The summed E-state index contributed by atoms with van der Waals surface area (Å²) in [5.74, 6) is -1.67. The number of benzene rings is 9. The molecular weight excluding hydrogens is 848 g/mol. The Balaban J connectivity index is 1.30. The van der Waals surface area contributed by atoms with Gasteiger partial charge in [0.05, 0.1) is 39.0 Å². The van der Waals surface area contributed by atoms with Gasteiger partial charge in [0.2, 0.25) is 0 Å². The van der Waals surface area contributed by atoms with Crippen molar-refractivity contribution in [3.63, 3.8) is 0 Å². The number of alkyl halides is 3. The van der Waals surface area contributed by atoms with Gasteiger partial charge in [0.1, 0.15) is 11.6 Å². The number of aromatic nitrogens is 2. The van der Waals surface area contributed by atoms with Gasteiger partial charge < -0.3 is 9.13 Å². The van der Waals surface area contributed by atoms with Crippen molar-refractivity contribution in [2.24, 2.45) is 0 Å². The van der Waals surface area contributed by atoms with Crippen molar-refractivity contribution in [3.05, 3.63) is 193 Å². The molecule has 9 aromatic carbocycles. The van der Waals surface area contributed by atoms with Crippen molar-refractivity contribution in [2.75, 3.05) is 0 Å². The number of nitrogens with zero attached hydrogens (tertiary/aromatic N) is 2. The smallest absolute Gasteiger partial charge is 0.308 e. The van der Waals surface area contributed by atoms with E-state index in [2.05, 4.69) is 24.3 Å². The molecule has 0 atom stereocenters. The highest BCUT2D eigenvalue weighted by atomic mass is 32.1. The molecule has 0 bridgehead atoms. The second-order valence-corrected chi connectivity index (χ2v) is 18.2. The van der Waals surface area contributed by atoms with Gasteiger partial charge in [0.25, 0.3) is 0 Å². The first-order valence-electron chi connectivity index (χ1n) is 20.7. The summed E-state index contributed by atoms with van der Waals surface area (Å²) in [7, 11) is 0. The van der Waals surface area contributed by atoms with Crippen molar-refractivity contribution in [1.82, 2.24) is 9.13 Å². The molecule has 13 rings (SSSR count). The molecule has 9 heteroatoms. The van der Waals surface area contributed by atoms with Crippen LogP contribution in [0.25, 0.3) is 118 Å². The molecule has 0 saturated heterocycles. The van der Waals surface area contributed by atoms with Gasteiger partial charge in [0.15, 0.2) is 0 Å². The molecule has 0 spiro atoms. The standard InChI is InChI=1S/C55H29F5N2S2/c56-36-19-7-1-13-30(36)50-42(61-38-21-9-3-15-32(38)48-40(61)25-27-46-52(48)34-17-5-11-23-44(34)63-46)29-43(51(54(50)55(58,59)60)31-14-2-8-20-37(31)57)62-39-22-10-4-16-33(39)49-41(62)26-28-47-53(49)35-18-6-12-24-45(35)64-47/h1-29H. The number of rotatable bonds is 4. The Kier molecular flexibility index (Phi) is 7.91. The summed E-state index contributed by atoms with van der Waals surface area (Å²) >= 11 is 3.32. The van der Waals surface area contributed by atoms with Crippen LogP contribution < -0.4 is 0 Å². The van der Waals surface area contributed by atoms with Crippen LogP contribution in [0.5, 0.6) is 0 Å². The fourth-order valence-electron chi connectivity index (χ4n) is 10.2. The predicted molar refractivity (Wildman–Crippen MR) is 257 cm³/mol. The summed E-state index contributed by atoms with van der Waals surface area (Å²) in [4.78, 5) is 0. The number of para-hydroxylation sites is 2. The molecule has 0 fully saturated rings. The Morgan fingerprint density at radius 2 is 0.750 bits per heavy atom. The fourth-order valence-corrected chi connectivity index (χ4v) is 12.5. The lowest BCUT2D eigenvalue weighted by Gasteiger charge is -2.27. The summed E-state index contributed by atoms with van der Waals surface area (Å²) < 4.78 is 91.8. The van der Waals surface area contributed by atoms with E-state index in [1.807, 2.05) is 106 Å². The zero-order valence-corrected chi connectivity index (χ0v) is 35.0. The van der Waals surface area contributed by atoms with Gasteiger partial charge in [-0.1, -0.05) is 109 Å². The molecule has 4 heterocycles. The first-order chi connectivity index (χ1) is 31.3.